The second-order valence-electron chi connectivity index (χ2n) is 13.7. The van der Waals surface area contributed by atoms with E-state index in [1.165, 1.54) is 35.6 Å². The Balaban J connectivity index is 1.02. The molecule has 6 heterocycles. The standard InChI is InChI=1S/C33H39N7O3S/c1-20-6-8-26(21-7-9-27-24(11-21)37-31(44-27)22-12-33(13-22)18-38(2)19-33)39(17-20)32(42)30(41)36-25-16-34-14-23-15-35-40(29(23)25)28-5-3-4-10-43-28/h7,9,11,14-16,20,22,26,28H,3-6,8,10,12-13,17-19H2,1-2H3,(H,36,41)/t20-,26+,28?/m0/s1. The normalized spacial score (nSPS) is 25.7. The van der Waals surface area contributed by atoms with Gasteiger partial charge in [0, 0.05) is 43.7 Å². The first-order chi connectivity index (χ1) is 21.4. The quantitative estimate of drug-likeness (QED) is 0.304. The maximum Gasteiger partial charge on any atom is 0.314 e. The van der Waals surface area contributed by atoms with Crippen LogP contribution >= 0.6 is 11.3 Å². The van der Waals surface area contributed by atoms with Crippen LogP contribution in [0.4, 0.5) is 5.69 Å². The molecule has 0 bridgehead atoms. The fraction of sp³-hybridized carbons (Fsp3) is 0.545. The van der Waals surface area contributed by atoms with Crippen LogP contribution in [-0.4, -0.2) is 74.7 Å². The number of fused-ring (bicyclic) bond motifs is 2. The largest absolute Gasteiger partial charge is 0.356 e. The minimum absolute atomic E-state index is 0.174. The van der Waals surface area contributed by atoms with Crippen molar-refractivity contribution in [3.63, 3.8) is 0 Å². The molecule has 3 aromatic heterocycles. The molecular weight excluding hydrogens is 574 g/mol. The van der Waals surface area contributed by atoms with Crippen LogP contribution in [0.2, 0.25) is 0 Å². The summed E-state index contributed by atoms with van der Waals surface area (Å²) in [4.78, 5) is 41.0. The summed E-state index contributed by atoms with van der Waals surface area (Å²) in [5, 5.41) is 9.47. The maximum absolute atomic E-state index is 13.8. The Morgan fingerprint density at radius 2 is 1.95 bits per heavy atom. The van der Waals surface area contributed by atoms with E-state index in [9.17, 15) is 9.59 Å². The van der Waals surface area contributed by atoms with Gasteiger partial charge in [0.15, 0.2) is 6.23 Å². The number of pyridine rings is 1. The van der Waals surface area contributed by atoms with Crippen LogP contribution in [0.5, 0.6) is 0 Å². The molecule has 1 unspecified atom stereocenters. The van der Waals surface area contributed by atoms with E-state index in [1.54, 1.807) is 23.5 Å². The predicted octanol–water partition coefficient (Wildman–Crippen LogP) is 5.49. The lowest BCUT2D eigenvalue weighted by atomic mass is 9.58. The number of likely N-dealkylation sites (tertiary alicyclic amines) is 2. The first-order valence-corrected chi connectivity index (χ1v) is 16.8. The van der Waals surface area contributed by atoms with E-state index in [0.717, 1.165) is 54.1 Å². The summed E-state index contributed by atoms with van der Waals surface area (Å²) in [6.45, 7) is 5.77. The molecule has 3 atom stereocenters. The summed E-state index contributed by atoms with van der Waals surface area (Å²) in [6.07, 6.45) is 12.1. The van der Waals surface area contributed by atoms with Crippen molar-refractivity contribution in [3.8, 4) is 0 Å². The number of ether oxygens (including phenoxy) is 1. The first kappa shape index (κ1) is 28.1. The van der Waals surface area contributed by atoms with Crippen LogP contribution in [-0.2, 0) is 14.3 Å². The number of carbonyl (C=O) groups excluding carboxylic acids is 2. The number of hydrogen-bond acceptors (Lipinski definition) is 8. The lowest BCUT2D eigenvalue weighted by Crippen LogP contribution is -2.59. The van der Waals surface area contributed by atoms with Crippen molar-refractivity contribution in [1.82, 2.24) is 29.5 Å². The van der Waals surface area contributed by atoms with Gasteiger partial charge in [-0.1, -0.05) is 13.0 Å². The number of hydrogen-bond donors (Lipinski definition) is 1. The van der Waals surface area contributed by atoms with E-state index >= 15 is 0 Å². The highest BCUT2D eigenvalue weighted by Crippen LogP contribution is 2.56. The third-order valence-electron chi connectivity index (χ3n) is 10.2. The van der Waals surface area contributed by atoms with E-state index in [0.29, 0.717) is 36.1 Å². The molecule has 3 aliphatic heterocycles. The number of benzene rings is 1. The van der Waals surface area contributed by atoms with Crippen LogP contribution < -0.4 is 5.32 Å². The second-order valence-corrected chi connectivity index (χ2v) is 14.8. The summed E-state index contributed by atoms with van der Waals surface area (Å²) in [5.41, 5.74) is 3.76. The summed E-state index contributed by atoms with van der Waals surface area (Å²) in [5.74, 6) is -0.318. The summed E-state index contributed by atoms with van der Waals surface area (Å²) < 4.78 is 8.97. The number of amides is 2. The lowest BCUT2D eigenvalue weighted by Gasteiger charge is -2.58. The van der Waals surface area contributed by atoms with Crippen molar-refractivity contribution >= 4 is 50.0 Å². The monoisotopic (exact) mass is 613 g/mol. The van der Waals surface area contributed by atoms with E-state index in [1.807, 2.05) is 16.0 Å². The molecule has 2 amide bonds. The summed E-state index contributed by atoms with van der Waals surface area (Å²) >= 11 is 1.81. The molecule has 11 heteroatoms. The van der Waals surface area contributed by atoms with Crippen LogP contribution in [0.3, 0.4) is 0 Å². The van der Waals surface area contributed by atoms with Gasteiger partial charge in [-0.25, -0.2) is 9.67 Å². The zero-order valence-corrected chi connectivity index (χ0v) is 26.2. The van der Waals surface area contributed by atoms with Gasteiger partial charge in [0.05, 0.1) is 44.9 Å². The molecule has 1 N–H and O–H groups in total. The molecule has 230 valence electrons. The van der Waals surface area contributed by atoms with Gasteiger partial charge in [-0.05, 0) is 81.0 Å². The minimum atomic E-state index is -0.659. The molecule has 8 rings (SSSR count). The molecule has 4 aliphatic rings. The third-order valence-corrected chi connectivity index (χ3v) is 11.4. The number of rotatable bonds is 4. The Morgan fingerprint density at radius 3 is 2.75 bits per heavy atom. The van der Waals surface area contributed by atoms with Gasteiger partial charge in [-0.3, -0.25) is 14.6 Å². The molecule has 1 aliphatic carbocycles. The fourth-order valence-electron chi connectivity index (χ4n) is 8.12. The number of nitrogens with one attached hydrogen (secondary N) is 1. The number of carbonyl (C=O) groups is 2. The van der Waals surface area contributed by atoms with Gasteiger partial charge >= 0.3 is 11.8 Å². The van der Waals surface area contributed by atoms with E-state index in [4.69, 9.17) is 9.72 Å². The fourth-order valence-corrected chi connectivity index (χ4v) is 9.17. The van der Waals surface area contributed by atoms with Crippen LogP contribution in [0.1, 0.15) is 80.6 Å². The molecule has 10 nitrogen and oxygen atoms in total. The molecule has 4 aromatic rings. The number of piperidine rings is 1. The zero-order chi connectivity index (χ0) is 30.0. The molecule has 1 aromatic carbocycles. The Bertz CT molecular complexity index is 1730. The molecular formula is C33H39N7O3S. The van der Waals surface area contributed by atoms with E-state index < -0.39 is 11.8 Å². The molecule has 4 fully saturated rings. The summed E-state index contributed by atoms with van der Waals surface area (Å²) in [6, 6.07) is 6.25. The average molecular weight is 614 g/mol. The molecule has 0 radical (unpaired) electrons. The number of nitrogens with zero attached hydrogens (tertiary/aromatic N) is 6. The highest BCUT2D eigenvalue weighted by atomic mass is 32.1. The van der Waals surface area contributed by atoms with Crippen LogP contribution in [0.15, 0.2) is 36.8 Å². The number of aromatic nitrogens is 4. The maximum atomic E-state index is 13.8. The van der Waals surface area contributed by atoms with Gasteiger partial charge < -0.3 is 19.9 Å². The van der Waals surface area contributed by atoms with Crippen molar-refractivity contribution in [2.45, 2.75) is 70.1 Å². The molecule has 1 saturated carbocycles. The van der Waals surface area contributed by atoms with Crippen LogP contribution in [0, 0.1) is 11.3 Å². The average Bonchev–Trinajstić information content (AvgIpc) is 3.63. The van der Waals surface area contributed by atoms with Crippen LogP contribution in [0.25, 0.3) is 21.1 Å². The Hall–Kier alpha value is -3.41. The number of anilines is 1. The lowest BCUT2D eigenvalue weighted by molar-refractivity contribution is -0.146. The first-order valence-electron chi connectivity index (χ1n) is 16.0. The van der Waals surface area contributed by atoms with Crippen molar-refractivity contribution in [2.75, 3.05) is 38.6 Å². The van der Waals surface area contributed by atoms with Gasteiger partial charge in [0.25, 0.3) is 0 Å². The highest BCUT2D eigenvalue weighted by molar-refractivity contribution is 7.18. The molecule has 1 spiro atoms. The third kappa shape index (κ3) is 4.89. The molecule has 44 heavy (non-hydrogen) atoms. The van der Waals surface area contributed by atoms with Gasteiger partial charge in [-0.2, -0.15) is 5.10 Å². The van der Waals surface area contributed by atoms with Gasteiger partial charge in [-0.15, -0.1) is 11.3 Å². The predicted molar refractivity (Wildman–Crippen MR) is 169 cm³/mol. The Labute approximate surface area is 260 Å². The topological polar surface area (TPSA) is 105 Å². The second kappa shape index (κ2) is 10.9. The van der Waals surface area contributed by atoms with E-state index in [2.05, 4.69) is 52.5 Å². The Morgan fingerprint density at radius 1 is 1.09 bits per heavy atom. The highest BCUT2D eigenvalue weighted by Gasteiger charge is 2.52. The van der Waals surface area contributed by atoms with Crippen molar-refractivity contribution in [2.24, 2.45) is 11.3 Å². The Kier molecular flexibility index (Phi) is 6.95. The zero-order valence-electron chi connectivity index (χ0n) is 25.4. The van der Waals surface area contributed by atoms with Crippen molar-refractivity contribution in [1.29, 1.82) is 0 Å². The SMILES string of the molecule is C[C@H]1CC[C@H](c2ccc3sc(C4CC5(C4)CN(C)C5)nc3c2)N(C(=O)C(=O)Nc2cncc3cnn(C4CCCCO4)c23)C1. The molecule has 3 saturated heterocycles. The van der Waals surface area contributed by atoms with Gasteiger partial charge in [0.1, 0.15) is 0 Å². The smallest absolute Gasteiger partial charge is 0.314 e. The number of thiazole rings is 1. The minimum Gasteiger partial charge on any atom is -0.356 e. The van der Waals surface area contributed by atoms with Gasteiger partial charge in [0.2, 0.25) is 0 Å². The van der Waals surface area contributed by atoms with E-state index in [-0.39, 0.29) is 12.3 Å². The summed E-state index contributed by atoms with van der Waals surface area (Å²) in [7, 11) is 2.20. The van der Waals surface area contributed by atoms with Crippen molar-refractivity contribution < 1.29 is 14.3 Å². The van der Waals surface area contributed by atoms with Crippen molar-refractivity contribution in [3.05, 3.63) is 47.4 Å².